The van der Waals surface area contributed by atoms with Crippen LogP contribution in [-0.4, -0.2) is 13.9 Å². The van der Waals surface area contributed by atoms with Crippen LogP contribution in [-0.2, 0) is 10.0 Å². The Balaban J connectivity index is 0.00000256. The van der Waals surface area contributed by atoms with Crippen LogP contribution in [0.1, 0.15) is 26.0 Å². The van der Waals surface area contributed by atoms with E-state index in [-0.39, 0.29) is 7.43 Å². The van der Waals surface area contributed by atoms with Gasteiger partial charge in [-0.25, -0.2) is 13.1 Å². The zero-order valence-electron chi connectivity index (χ0n) is 8.32. The molecular formula is C10H14F3NO2S. The van der Waals surface area contributed by atoms with Crippen molar-refractivity contribution in [1.29, 1.82) is 0 Å². The molecule has 1 rings (SSSR count). The minimum absolute atomic E-state index is 0. The van der Waals surface area contributed by atoms with Gasteiger partial charge in [-0.2, -0.15) is 13.2 Å². The van der Waals surface area contributed by atoms with Crippen LogP contribution in [0.2, 0.25) is 0 Å². The fraction of sp³-hybridized carbons (Fsp3) is 0.400. The van der Waals surface area contributed by atoms with Gasteiger partial charge in [-0.3, -0.25) is 0 Å². The van der Waals surface area contributed by atoms with Crippen LogP contribution in [0.3, 0.4) is 0 Å². The first-order valence-electron chi connectivity index (χ1n) is 4.37. The molecule has 3 nitrogen and oxygen atoms in total. The third kappa shape index (κ3) is 4.01. The summed E-state index contributed by atoms with van der Waals surface area (Å²) in [5.74, 6) is 0. The van der Waals surface area contributed by atoms with Crippen LogP contribution < -0.4 is 4.72 Å². The van der Waals surface area contributed by atoms with Gasteiger partial charge in [0, 0.05) is 6.04 Å². The van der Waals surface area contributed by atoms with Crippen LogP contribution in [0.15, 0.2) is 30.3 Å². The molecule has 0 saturated heterocycles. The lowest BCUT2D eigenvalue weighted by Crippen LogP contribution is -2.37. The van der Waals surface area contributed by atoms with Crippen LogP contribution in [0.25, 0.3) is 0 Å². The zero-order valence-corrected chi connectivity index (χ0v) is 9.14. The van der Waals surface area contributed by atoms with Gasteiger partial charge in [0.2, 0.25) is 0 Å². The van der Waals surface area contributed by atoms with Crippen molar-refractivity contribution < 1.29 is 21.6 Å². The van der Waals surface area contributed by atoms with E-state index in [2.05, 4.69) is 0 Å². The maximum atomic E-state index is 12.1. The number of sulfonamides is 1. The van der Waals surface area contributed by atoms with Crippen LogP contribution in [0.4, 0.5) is 13.2 Å². The second kappa shape index (κ2) is 5.50. The highest BCUT2D eigenvalue weighted by Gasteiger charge is 2.46. The van der Waals surface area contributed by atoms with Crippen molar-refractivity contribution in [3.63, 3.8) is 0 Å². The van der Waals surface area contributed by atoms with Crippen LogP contribution in [0.5, 0.6) is 0 Å². The molecule has 1 unspecified atom stereocenters. The van der Waals surface area contributed by atoms with E-state index in [0.29, 0.717) is 5.56 Å². The largest absolute Gasteiger partial charge is 0.511 e. The third-order valence-electron chi connectivity index (χ3n) is 1.94. The van der Waals surface area contributed by atoms with Gasteiger partial charge in [0.1, 0.15) is 0 Å². The Kier molecular flexibility index (Phi) is 5.15. The van der Waals surface area contributed by atoms with Crippen molar-refractivity contribution in [2.24, 2.45) is 0 Å². The number of alkyl halides is 3. The lowest BCUT2D eigenvalue weighted by molar-refractivity contribution is -0.0450. The quantitative estimate of drug-likeness (QED) is 0.917. The normalized spacial score (nSPS) is 13.9. The van der Waals surface area contributed by atoms with Gasteiger partial charge < -0.3 is 0 Å². The molecule has 0 spiro atoms. The summed E-state index contributed by atoms with van der Waals surface area (Å²) in [6.45, 7) is 1.35. The average Bonchev–Trinajstić information content (AvgIpc) is 2.16. The summed E-state index contributed by atoms with van der Waals surface area (Å²) in [5, 5.41) is 0. The Morgan fingerprint density at radius 2 is 1.65 bits per heavy atom. The summed E-state index contributed by atoms with van der Waals surface area (Å²) >= 11 is 0. The van der Waals surface area contributed by atoms with E-state index in [1.807, 2.05) is 0 Å². The zero-order chi connectivity index (χ0) is 12.4. The number of benzene rings is 1. The van der Waals surface area contributed by atoms with Crippen molar-refractivity contribution in [3.8, 4) is 0 Å². The Hall–Kier alpha value is -1.08. The average molecular weight is 269 g/mol. The van der Waals surface area contributed by atoms with Gasteiger partial charge in [-0.05, 0) is 12.5 Å². The number of rotatable bonds is 3. The van der Waals surface area contributed by atoms with E-state index in [1.54, 1.807) is 35.1 Å². The lowest BCUT2D eigenvalue weighted by Gasteiger charge is -2.15. The number of hydrogen-bond donors (Lipinski definition) is 1. The molecule has 0 radical (unpaired) electrons. The minimum atomic E-state index is -5.30. The molecule has 98 valence electrons. The SMILES string of the molecule is C.CC(NS(=O)(=O)C(F)(F)F)c1ccccc1. The summed E-state index contributed by atoms with van der Waals surface area (Å²) < 4.78 is 59.3. The Morgan fingerprint density at radius 1 is 1.18 bits per heavy atom. The van der Waals surface area contributed by atoms with Gasteiger partial charge in [0.05, 0.1) is 0 Å². The van der Waals surface area contributed by atoms with E-state index in [4.69, 9.17) is 0 Å². The first kappa shape index (κ1) is 15.9. The molecule has 0 amide bonds. The molecule has 0 aliphatic carbocycles. The van der Waals surface area contributed by atoms with E-state index in [9.17, 15) is 21.6 Å². The second-order valence-corrected chi connectivity index (χ2v) is 4.90. The third-order valence-corrected chi connectivity index (χ3v) is 3.21. The summed E-state index contributed by atoms with van der Waals surface area (Å²) in [5.41, 5.74) is -4.81. The fourth-order valence-electron chi connectivity index (χ4n) is 1.11. The molecule has 0 fully saturated rings. The Morgan fingerprint density at radius 3 is 2.06 bits per heavy atom. The number of hydrogen-bond acceptors (Lipinski definition) is 2. The predicted molar refractivity (Wildman–Crippen MR) is 59.7 cm³/mol. The predicted octanol–water partition coefficient (Wildman–Crippen LogP) is 2.82. The fourth-order valence-corrected chi connectivity index (χ4v) is 1.84. The topological polar surface area (TPSA) is 46.2 Å². The highest BCUT2D eigenvalue weighted by atomic mass is 32.2. The first-order chi connectivity index (χ1) is 7.24. The lowest BCUT2D eigenvalue weighted by atomic mass is 10.1. The molecule has 0 heterocycles. The summed E-state index contributed by atoms with van der Waals surface area (Å²) in [7, 11) is -5.30. The van der Waals surface area contributed by atoms with E-state index in [0.717, 1.165) is 0 Å². The van der Waals surface area contributed by atoms with E-state index >= 15 is 0 Å². The van der Waals surface area contributed by atoms with Crippen molar-refractivity contribution in [2.75, 3.05) is 0 Å². The molecular weight excluding hydrogens is 255 g/mol. The molecule has 7 heteroatoms. The first-order valence-corrected chi connectivity index (χ1v) is 5.86. The van der Waals surface area contributed by atoms with Crippen LogP contribution in [0, 0.1) is 0 Å². The molecule has 0 saturated carbocycles. The molecule has 17 heavy (non-hydrogen) atoms. The van der Waals surface area contributed by atoms with Crippen molar-refractivity contribution in [1.82, 2.24) is 4.72 Å². The summed E-state index contributed by atoms with van der Waals surface area (Å²) in [4.78, 5) is 0. The highest BCUT2D eigenvalue weighted by Crippen LogP contribution is 2.24. The molecule has 0 aliphatic heterocycles. The van der Waals surface area contributed by atoms with Crippen molar-refractivity contribution >= 4 is 10.0 Å². The summed E-state index contributed by atoms with van der Waals surface area (Å²) in [6.07, 6.45) is 0. The monoisotopic (exact) mass is 269 g/mol. The minimum Gasteiger partial charge on any atom is -0.203 e. The van der Waals surface area contributed by atoms with Gasteiger partial charge in [-0.15, -0.1) is 0 Å². The second-order valence-electron chi connectivity index (χ2n) is 3.20. The van der Waals surface area contributed by atoms with Gasteiger partial charge in [0.25, 0.3) is 0 Å². The molecule has 1 atom stereocenters. The smallest absolute Gasteiger partial charge is 0.203 e. The van der Waals surface area contributed by atoms with Gasteiger partial charge >= 0.3 is 15.5 Å². The molecule has 0 aromatic heterocycles. The molecule has 1 N–H and O–H groups in total. The molecule has 1 aromatic rings. The van der Waals surface area contributed by atoms with E-state index in [1.165, 1.54) is 6.92 Å². The Labute approximate surface area is 98.7 Å². The van der Waals surface area contributed by atoms with Gasteiger partial charge in [0.15, 0.2) is 0 Å². The van der Waals surface area contributed by atoms with E-state index < -0.39 is 21.6 Å². The van der Waals surface area contributed by atoms with Crippen molar-refractivity contribution in [2.45, 2.75) is 25.9 Å². The maximum absolute atomic E-state index is 12.1. The standard InChI is InChI=1S/C9H10F3NO2S.CH4/c1-7(8-5-3-2-4-6-8)13-16(14,15)9(10,11)12;/h2-7,13H,1H3;1H4. The number of nitrogens with one attached hydrogen (secondary N) is 1. The highest BCUT2D eigenvalue weighted by molar-refractivity contribution is 7.90. The molecule has 0 aliphatic rings. The number of halogens is 3. The maximum Gasteiger partial charge on any atom is 0.511 e. The van der Waals surface area contributed by atoms with Crippen molar-refractivity contribution in [3.05, 3.63) is 35.9 Å². The summed E-state index contributed by atoms with van der Waals surface area (Å²) in [6, 6.07) is 7.09. The molecule has 0 bridgehead atoms. The van der Waals surface area contributed by atoms with Crippen LogP contribution >= 0.6 is 0 Å². The molecule has 1 aromatic carbocycles. The van der Waals surface area contributed by atoms with Gasteiger partial charge in [-0.1, -0.05) is 37.8 Å². The Bertz CT molecular complexity index is 442.